The zero-order valence-electron chi connectivity index (χ0n) is 10.6. The molecule has 0 bridgehead atoms. The fourth-order valence-electron chi connectivity index (χ4n) is 1.62. The minimum Gasteiger partial charge on any atom is -0.481 e. The Labute approximate surface area is 102 Å². The number of carbonyl (C=O) groups excluding carboxylic acids is 1. The molecule has 0 radical (unpaired) electrons. The highest BCUT2D eigenvalue weighted by molar-refractivity contribution is 5.76. The summed E-state index contributed by atoms with van der Waals surface area (Å²) < 4.78 is 0. The Morgan fingerprint density at radius 3 is 2.53 bits per heavy atom. The normalized spacial score (nSPS) is 14.8. The van der Waals surface area contributed by atoms with E-state index < -0.39 is 5.97 Å². The number of carboxylic acids is 1. The molecule has 0 spiro atoms. The minimum atomic E-state index is -0.856. The monoisotopic (exact) mass is 242 g/mol. The van der Waals surface area contributed by atoms with Gasteiger partial charge in [0.15, 0.2) is 0 Å². The molecule has 1 rings (SSSR count). The fourth-order valence-corrected chi connectivity index (χ4v) is 1.62. The van der Waals surface area contributed by atoms with Crippen LogP contribution in [0.2, 0.25) is 0 Å². The van der Waals surface area contributed by atoms with Crippen LogP contribution in [0.5, 0.6) is 0 Å². The van der Waals surface area contributed by atoms with E-state index in [0.29, 0.717) is 19.0 Å². The van der Waals surface area contributed by atoms with Crippen molar-refractivity contribution in [3.05, 3.63) is 0 Å². The van der Waals surface area contributed by atoms with Crippen LogP contribution < -0.4 is 5.32 Å². The van der Waals surface area contributed by atoms with Gasteiger partial charge in [-0.2, -0.15) is 0 Å². The maximum Gasteiger partial charge on any atom is 0.317 e. The predicted molar refractivity (Wildman–Crippen MR) is 64.8 cm³/mol. The summed E-state index contributed by atoms with van der Waals surface area (Å²) in [7, 11) is 0. The van der Waals surface area contributed by atoms with Crippen LogP contribution in [0.1, 0.15) is 39.5 Å². The number of amides is 2. The van der Waals surface area contributed by atoms with Gasteiger partial charge in [0.1, 0.15) is 0 Å². The molecule has 0 heterocycles. The Hall–Kier alpha value is -1.26. The minimum absolute atomic E-state index is 0.0219. The number of nitrogens with one attached hydrogen (secondary N) is 1. The number of hydrogen-bond acceptors (Lipinski definition) is 2. The highest BCUT2D eigenvalue weighted by atomic mass is 16.4. The van der Waals surface area contributed by atoms with Crippen LogP contribution >= 0.6 is 0 Å². The van der Waals surface area contributed by atoms with E-state index in [9.17, 15) is 9.59 Å². The second kappa shape index (κ2) is 6.47. The summed E-state index contributed by atoms with van der Waals surface area (Å²) in [6.45, 7) is 5.19. The van der Waals surface area contributed by atoms with E-state index in [0.717, 1.165) is 19.3 Å². The first kappa shape index (κ1) is 13.8. The summed E-state index contributed by atoms with van der Waals surface area (Å²) in [5, 5.41) is 11.5. The summed E-state index contributed by atoms with van der Waals surface area (Å²) in [5.41, 5.74) is 0. The Morgan fingerprint density at radius 2 is 2.06 bits per heavy atom. The first-order valence-corrected chi connectivity index (χ1v) is 6.27. The number of carbonyl (C=O) groups is 2. The second-order valence-corrected chi connectivity index (χ2v) is 4.98. The molecular formula is C12H22N2O3. The molecule has 0 saturated heterocycles. The average molecular weight is 242 g/mol. The van der Waals surface area contributed by atoms with Gasteiger partial charge in [0, 0.05) is 19.1 Å². The van der Waals surface area contributed by atoms with Crippen molar-refractivity contribution in [2.45, 2.75) is 45.6 Å². The molecule has 1 saturated carbocycles. The largest absolute Gasteiger partial charge is 0.481 e. The number of rotatable bonds is 7. The van der Waals surface area contributed by atoms with Gasteiger partial charge in [0.25, 0.3) is 0 Å². The lowest BCUT2D eigenvalue weighted by Crippen LogP contribution is -2.43. The van der Waals surface area contributed by atoms with Crippen LogP contribution in [-0.4, -0.2) is 41.1 Å². The van der Waals surface area contributed by atoms with Crippen molar-refractivity contribution in [1.29, 1.82) is 0 Å². The van der Waals surface area contributed by atoms with Gasteiger partial charge in [-0.1, -0.05) is 13.8 Å². The van der Waals surface area contributed by atoms with Gasteiger partial charge >= 0.3 is 12.0 Å². The van der Waals surface area contributed by atoms with Gasteiger partial charge in [-0.3, -0.25) is 4.79 Å². The lowest BCUT2D eigenvalue weighted by molar-refractivity contribution is -0.137. The van der Waals surface area contributed by atoms with Gasteiger partial charge in [0.05, 0.1) is 6.42 Å². The maximum absolute atomic E-state index is 11.8. The first-order chi connectivity index (χ1) is 8.00. The van der Waals surface area contributed by atoms with Gasteiger partial charge in [-0.25, -0.2) is 4.79 Å². The van der Waals surface area contributed by atoms with E-state index in [1.165, 1.54) is 0 Å². The number of carboxylic acid groups (broad SMARTS) is 1. The molecule has 1 fully saturated rings. The van der Waals surface area contributed by atoms with E-state index in [4.69, 9.17) is 5.11 Å². The standard InChI is InChI=1S/C12H22N2O3/c1-9(2)5-7-13-12(17)14(10-3-4-10)8-6-11(15)16/h9-10H,3-8H2,1-2H3,(H,13,17)(H,15,16). The third-order valence-electron chi connectivity index (χ3n) is 2.81. The molecule has 2 amide bonds. The summed E-state index contributed by atoms with van der Waals surface area (Å²) in [4.78, 5) is 24.0. The van der Waals surface area contributed by atoms with Gasteiger partial charge < -0.3 is 15.3 Å². The Bertz CT molecular complexity index is 275. The SMILES string of the molecule is CC(C)CCNC(=O)N(CCC(=O)O)C1CC1. The molecule has 2 N–H and O–H groups in total. The quantitative estimate of drug-likeness (QED) is 0.713. The van der Waals surface area contributed by atoms with E-state index in [1.54, 1.807) is 4.90 Å². The van der Waals surface area contributed by atoms with Crippen LogP contribution in [0, 0.1) is 5.92 Å². The third kappa shape index (κ3) is 5.56. The number of nitrogens with zero attached hydrogens (tertiary/aromatic N) is 1. The highest BCUT2D eigenvalue weighted by Crippen LogP contribution is 2.26. The molecule has 0 aliphatic heterocycles. The molecule has 1 aliphatic carbocycles. The van der Waals surface area contributed by atoms with E-state index in [-0.39, 0.29) is 18.5 Å². The maximum atomic E-state index is 11.8. The van der Waals surface area contributed by atoms with E-state index in [2.05, 4.69) is 19.2 Å². The fraction of sp³-hybridized carbons (Fsp3) is 0.833. The van der Waals surface area contributed by atoms with Crippen molar-refractivity contribution < 1.29 is 14.7 Å². The molecule has 1 aliphatic rings. The van der Waals surface area contributed by atoms with Gasteiger partial charge in [-0.15, -0.1) is 0 Å². The molecule has 5 heteroatoms. The first-order valence-electron chi connectivity index (χ1n) is 6.27. The summed E-state index contributed by atoms with van der Waals surface area (Å²) in [6.07, 6.45) is 2.96. The number of urea groups is 1. The van der Waals surface area contributed by atoms with Crippen LogP contribution in [0.15, 0.2) is 0 Å². The molecular weight excluding hydrogens is 220 g/mol. The van der Waals surface area contributed by atoms with Crippen molar-refractivity contribution >= 4 is 12.0 Å². The number of hydrogen-bond donors (Lipinski definition) is 2. The van der Waals surface area contributed by atoms with E-state index in [1.807, 2.05) is 0 Å². The molecule has 0 atom stereocenters. The predicted octanol–water partition coefficient (Wildman–Crippen LogP) is 1.68. The van der Waals surface area contributed by atoms with Crippen LogP contribution in [-0.2, 0) is 4.79 Å². The smallest absolute Gasteiger partial charge is 0.317 e. The molecule has 0 unspecified atom stereocenters. The number of aliphatic carboxylic acids is 1. The van der Waals surface area contributed by atoms with Crippen molar-refractivity contribution in [2.75, 3.05) is 13.1 Å². The highest BCUT2D eigenvalue weighted by Gasteiger charge is 2.32. The van der Waals surface area contributed by atoms with Crippen LogP contribution in [0.3, 0.4) is 0 Å². The van der Waals surface area contributed by atoms with E-state index >= 15 is 0 Å². The Morgan fingerprint density at radius 1 is 1.41 bits per heavy atom. The third-order valence-corrected chi connectivity index (χ3v) is 2.81. The van der Waals surface area contributed by atoms with Crippen molar-refractivity contribution in [3.8, 4) is 0 Å². The zero-order chi connectivity index (χ0) is 12.8. The second-order valence-electron chi connectivity index (χ2n) is 4.98. The summed E-state index contributed by atoms with van der Waals surface area (Å²) >= 11 is 0. The summed E-state index contributed by atoms with van der Waals surface area (Å²) in [5.74, 6) is -0.297. The average Bonchev–Trinajstić information content (AvgIpc) is 3.01. The van der Waals surface area contributed by atoms with Gasteiger partial charge in [-0.05, 0) is 25.2 Å². The topological polar surface area (TPSA) is 69.6 Å². The Kier molecular flexibility index (Phi) is 5.25. The summed E-state index contributed by atoms with van der Waals surface area (Å²) in [6, 6.07) is 0.141. The zero-order valence-corrected chi connectivity index (χ0v) is 10.6. The van der Waals surface area contributed by atoms with Crippen molar-refractivity contribution in [1.82, 2.24) is 10.2 Å². The van der Waals surface area contributed by atoms with Crippen molar-refractivity contribution in [2.24, 2.45) is 5.92 Å². The van der Waals surface area contributed by atoms with Crippen LogP contribution in [0.4, 0.5) is 4.79 Å². The molecule has 0 aromatic carbocycles. The lowest BCUT2D eigenvalue weighted by Gasteiger charge is -2.22. The molecule has 0 aromatic heterocycles. The van der Waals surface area contributed by atoms with Crippen LogP contribution in [0.25, 0.3) is 0 Å². The molecule has 0 aromatic rings. The molecule has 98 valence electrons. The lowest BCUT2D eigenvalue weighted by atomic mass is 10.1. The molecule has 17 heavy (non-hydrogen) atoms. The van der Waals surface area contributed by atoms with Gasteiger partial charge in [0.2, 0.25) is 0 Å². The molecule has 5 nitrogen and oxygen atoms in total. The van der Waals surface area contributed by atoms with Crippen molar-refractivity contribution in [3.63, 3.8) is 0 Å². The Balaban J connectivity index is 2.30.